The Hall–Kier alpha value is -1.12. The molecule has 1 rings (SSSR count). The average molecular weight is 206 g/mol. The lowest BCUT2D eigenvalue weighted by Gasteiger charge is -2.02. The lowest BCUT2D eigenvalue weighted by molar-refractivity contribution is 0.125. The Balaban J connectivity index is 2.07. The van der Waals surface area contributed by atoms with Gasteiger partial charge in [0, 0.05) is 0 Å². The predicted octanol–water partition coefficient (Wildman–Crippen LogP) is 2.53. The van der Waals surface area contributed by atoms with Crippen molar-refractivity contribution in [2.75, 3.05) is 6.61 Å². The maximum absolute atomic E-state index is 8.96. The average Bonchev–Trinajstić information content (AvgIpc) is 2.24. The minimum absolute atomic E-state index is 0.362. The van der Waals surface area contributed by atoms with Crippen LogP contribution >= 0.6 is 0 Å². The van der Waals surface area contributed by atoms with Gasteiger partial charge in [-0.15, -0.1) is 0 Å². The number of aliphatic hydroxyl groups excluding tert-OH is 1. The minimum atomic E-state index is -0.362. The van der Waals surface area contributed by atoms with Crippen LogP contribution in [0, 0.1) is 0 Å². The van der Waals surface area contributed by atoms with Crippen LogP contribution in [-0.2, 0) is 11.3 Å². The number of ether oxygens (including phenoxy) is 1. The zero-order chi connectivity index (χ0) is 10.9. The fourth-order valence-corrected chi connectivity index (χ4v) is 1.21. The van der Waals surface area contributed by atoms with Crippen molar-refractivity contribution in [3.63, 3.8) is 0 Å². The Morgan fingerprint density at radius 1 is 1.33 bits per heavy atom. The highest BCUT2D eigenvalue weighted by molar-refractivity contribution is 5.13. The molecule has 1 N–H and O–H groups in total. The smallest absolute Gasteiger partial charge is 0.0717 e. The first-order chi connectivity index (χ1) is 7.29. The van der Waals surface area contributed by atoms with Gasteiger partial charge >= 0.3 is 0 Å². The highest BCUT2D eigenvalue weighted by Gasteiger charge is 1.90. The quantitative estimate of drug-likeness (QED) is 0.572. The lowest BCUT2D eigenvalue weighted by atomic mass is 10.2. The summed E-state index contributed by atoms with van der Waals surface area (Å²) in [5.41, 5.74) is 1.19. The third kappa shape index (κ3) is 6.05. The number of rotatable bonds is 6. The summed E-state index contributed by atoms with van der Waals surface area (Å²) >= 11 is 0. The largest absolute Gasteiger partial charge is 0.389 e. The molecule has 0 aliphatic carbocycles. The zero-order valence-corrected chi connectivity index (χ0v) is 9.10. The van der Waals surface area contributed by atoms with Crippen molar-refractivity contribution >= 4 is 0 Å². The maximum atomic E-state index is 8.96. The van der Waals surface area contributed by atoms with Gasteiger partial charge in [0.1, 0.15) is 0 Å². The third-order valence-electron chi connectivity index (χ3n) is 1.96. The van der Waals surface area contributed by atoms with Gasteiger partial charge in [0.05, 0.1) is 19.3 Å². The Morgan fingerprint density at radius 2 is 2.07 bits per heavy atom. The SMILES string of the molecule is C[C@@H](O)C=CCCOCc1ccccc1. The molecule has 0 heterocycles. The molecule has 0 aliphatic heterocycles. The van der Waals surface area contributed by atoms with Crippen LogP contribution in [0.5, 0.6) is 0 Å². The fraction of sp³-hybridized carbons (Fsp3) is 0.385. The third-order valence-corrected chi connectivity index (χ3v) is 1.96. The molecule has 0 aliphatic rings. The first-order valence-electron chi connectivity index (χ1n) is 5.25. The molecule has 0 spiro atoms. The summed E-state index contributed by atoms with van der Waals surface area (Å²) in [4.78, 5) is 0. The molecule has 1 atom stereocenters. The van der Waals surface area contributed by atoms with Gasteiger partial charge in [-0.25, -0.2) is 0 Å². The first-order valence-corrected chi connectivity index (χ1v) is 5.25. The Bertz CT molecular complexity index is 278. The van der Waals surface area contributed by atoms with Gasteiger partial charge in [0.15, 0.2) is 0 Å². The Morgan fingerprint density at radius 3 is 2.73 bits per heavy atom. The molecule has 0 unspecified atom stereocenters. The molecule has 0 aromatic heterocycles. The molecule has 2 nitrogen and oxygen atoms in total. The normalized spacial score (nSPS) is 13.2. The van der Waals surface area contributed by atoms with Crippen molar-refractivity contribution in [2.24, 2.45) is 0 Å². The van der Waals surface area contributed by atoms with Gasteiger partial charge in [0.25, 0.3) is 0 Å². The van der Waals surface area contributed by atoms with Gasteiger partial charge in [-0.1, -0.05) is 42.5 Å². The molecule has 1 aromatic carbocycles. The fourth-order valence-electron chi connectivity index (χ4n) is 1.21. The van der Waals surface area contributed by atoms with Crippen LogP contribution in [-0.4, -0.2) is 17.8 Å². The van der Waals surface area contributed by atoms with E-state index in [0.717, 1.165) is 6.42 Å². The van der Waals surface area contributed by atoms with Gasteiger partial charge in [-0.3, -0.25) is 0 Å². The Kier molecular flexibility index (Phi) is 5.74. The molecule has 82 valence electrons. The summed E-state index contributed by atoms with van der Waals surface area (Å²) in [5, 5.41) is 8.96. The topological polar surface area (TPSA) is 29.5 Å². The Labute approximate surface area is 91.2 Å². The number of hydrogen-bond acceptors (Lipinski definition) is 2. The number of benzene rings is 1. The van der Waals surface area contributed by atoms with Crippen LogP contribution < -0.4 is 0 Å². The molecule has 0 saturated carbocycles. The van der Waals surface area contributed by atoms with E-state index in [1.165, 1.54) is 5.56 Å². The van der Waals surface area contributed by atoms with Crippen LogP contribution in [0.25, 0.3) is 0 Å². The van der Waals surface area contributed by atoms with Crippen LogP contribution in [0.4, 0.5) is 0 Å². The molecular weight excluding hydrogens is 188 g/mol. The van der Waals surface area contributed by atoms with E-state index in [-0.39, 0.29) is 6.10 Å². The van der Waals surface area contributed by atoms with E-state index in [9.17, 15) is 0 Å². The molecule has 2 heteroatoms. The van der Waals surface area contributed by atoms with E-state index in [1.807, 2.05) is 36.4 Å². The van der Waals surface area contributed by atoms with Crippen molar-refractivity contribution in [2.45, 2.75) is 26.1 Å². The highest BCUT2D eigenvalue weighted by atomic mass is 16.5. The van der Waals surface area contributed by atoms with Gasteiger partial charge in [-0.05, 0) is 18.9 Å². The van der Waals surface area contributed by atoms with E-state index >= 15 is 0 Å². The summed E-state index contributed by atoms with van der Waals surface area (Å²) < 4.78 is 5.47. The minimum Gasteiger partial charge on any atom is -0.389 e. The summed E-state index contributed by atoms with van der Waals surface area (Å²) in [7, 11) is 0. The summed E-state index contributed by atoms with van der Waals surface area (Å²) in [6.45, 7) is 3.09. The van der Waals surface area contributed by atoms with E-state index < -0.39 is 0 Å². The lowest BCUT2D eigenvalue weighted by Crippen LogP contribution is -1.95. The van der Waals surface area contributed by atoms with Crippen LogP contribution in [0.2, 0.25) is 0 Å². The van der Waals surface area contributed by atoms with Crippen LogP contribution in [0.3, 0.4) is 0 Å². The monoisotopic (exact) mass is 206 g/mol. The van der Waals surface area contributed by atoms with Crippen LogP contribution in [0.15, 0.2) is 42.5 Å². The molecular formula is C13H18O2. The van der Waals surface area contributed by atoms with Crippen molar-refractivity contribution in [1.82, 2.24) is 0 Å². The molecule has 0 amide bonds. The second-order valence-electron chi connectivity index (χ2n) is 3.50. The van der Waals surface area contributed by atoms with Crippen molar-refractivity contribution in [1.29, 1.82) is 0 Å². The van der Waals surface area contributed by atoms with Gasteiger partial charge in [-0.2, -0.15) is 0 Å². The van der Waals surface area contributed by atoms with Crippen molar-refractivity contribution in [3.05, 3.63) is 48.0 Å². The zero-order valence-electron chi connectivity index (χ0n) is 9.10. The van der Waals surface area contributed by atoms with Gasteiger partial charge < -0.3 is 9.84 Å². The second kappa shape index (κ2) is 7.21. The first kappa shape index (κ1) is 12.0. The molecule has 0 radical (unpaired) electrons. The molecule has 15 heavy (non-hydrogen) atoms. The van der Waals surface area contributed by atoms with Crippen molar-refractivity contribution < 1.29 is 9.84 Å². The highest BCUT2D eigenvalue weighted by Crippen LogP contribution is 2.00. The molecule has 0 fully saturated rings. The summed E-state index contributed by atoms with van der Waals surface area (Å²) in [6.07, 6.45) is 4.19. The van der Waals surface area contributed by atoms with E-state index in [2.05, 4.69) is 0 Å². The summed E-state index contributed by atoms with van der Waals surface area (Å²) in [6, 6.07) is 10.1. The number of aliphatic hydroxyl groups is 1. The van der Waals surface area contributed by atoms with Gasteiger partial charge in [0.2, 0.25) is 0 Å². The predicted molar refractivity (Wildman–Crippen MR) is 61.5 cm³/mol. The van der Waals surface area contributed by atoms with Crippen LogP contribution in [0.1, 0.15) is 18.9 Å². The van der Waals surface area contributed by atoms with E-state index in [1.54, 1.807) is 13.0 Å². The number of hydrogen-bond donors (Lipinski definition) is 1. The molecule has 1 aromatic rings. The van der Waals surface area contributed by atoms with E-state index in [4.69, 9.17) is 9.84 Å². The van der Waals surface area contributed by atoms with Crippen molar-refractivity contribution in [3.8, 4) is 0 Å². The summed E-state index contributed by atoms with van der Waals surface area (Å²) in [5.74, 6) is 0. The maximum Gasteiger partial charge on any atom is 0.0717 e. The molecule has 0 bridgehead atoms. The second-order valence-corrected chi connectivity index (χ2v) is 3.50. The van der Waals surface area contributed by atoms with E-state index in [0.29, 0.717) is 13.2 Å². The molecule has 0 saturated heterocycles. The standard InChI is InChI=1S/C13H18O2/c1-12(14)7-5-6-10-15-11-13-8-3-2-4-9-13/h2-5,7-9,12,14H,6,10-11H2,1H3/t12-/m1/s1.